The summed E-state index contributed by atoms with van der Waals surface area (Å²) < 4.78 is 49.1. The van der Waals surface area contributed by atoms with Gasteiger partial charge in [0.1, 0.15) is 24.2 Å². The molecule has 0 aliphatic carbocycles. The normalized spacial score (nSPS) is 15.0. The van der Waals surface area contributed by atoms with Crippen LogP contribution in [0.15, 0.2) is 104 Å². The number of carbonyl (C=O) groups is 3. The molecule has 2 fully saturated rings. The molecular weight excluding hydrogens is 849 g/mol. The third-order valence-corrected chi connectivity index (χ3v) is 11.4. The fourth-order valence-electron chi connectivity index (χ4n) is 7.80. The Morgan fingerprint density at radius 1 is 0.894 bits per heavy atom. The van der Waals surface area contributed by atoms with Crippen molar-refractivity contribution < 1.29 is 37.4 Å². The Labute approximate surface area is 386 Å². The highest BCUT2D eigenvalue weighted by atomic mass is 19.1. The molecular formula is C49H63F2N9O6. The number of nitrogens with zero attached hydrogens (tertiary/aromatic N) is 6. The molecule has 3 heterocycles. The van der Waals surface area contributed by atoms with Crippen LogP contribution in [0.2, 0.25) is 0 Å². The average Bonchev–Trinajstić information content (AvgIpc) is 3.29. The zero-order valence-electron chi connectivity index (χ0n) is 38.2. The predicted molar refractivity (Wildman–Crippen MR) is 248 cm³/mol. The number of anilines is 1. The SMILES string of the molecule is C=CCN(CC(=O)N[C@@H](Cc1ccc(OCc2ccccc2)cc1F)C(=O)N(Cc1ccc(F)c(N2CC(N3CCN(C)CC3)C2)n1)CC(OCC)OCC)NC(=O)NCc1ccccc1. The quantitative estimate of drug-likeness (QED) is 0.0510. The lowest BCUT2D eigenvalue weighted by molar-refractivity contribution is -0.161. The van der Waals surface area contributed by atoms with Gasteiger partial charge >= 0.3 is 6.03 Å². The van der Waals surface area contributed by atoms with Gasteiger partial charge in [0.15, 0.2) is 17.9 Å². The number of benzene rings is 3. The number of nitrogens with one attached hydrogen (secondary N) is 3. The van der Waals surface area contributed by atoms with Gasteiger partial charge in [0, 0.05) is 84.1 Å². The van der Waals surface area contributed by atoms with Gasteiger partial charge < -0.3 is 39.5 Å². The number of likely N-dealkylation sites (N-methyl/N-ethyl adjacent to an activating group) is 1. The summed E-state index contributed by atoms with van der Waals surface area (Å²) in [5.41, 5.74) is 5.00. The molecule has 1 aromatic heterocycles. The lowest BCUT2D eigenvalue weighted by atomic mass is 10.0. The molecule has 354 valence electrons. The third kappa shape index (κ3) is 14.8. The van der Waals surface area contributed by atoms with Crippen molar-refractivity contribution in [2.75, 3.05) is 84.1 Å². The summed E-state index contributed by atoms with van der Waals surface area (Å²) in [7, 11) is 2.11. The second kappa shape index (κ2) is 25.1. The zero-order valence-corrected chi connectivity index (χ0v) is 38.2. The monoisotopic (exact) mass is 911 g/mol. The van der Waals surface area contributed by atoms with Gasteiger partial charge in [-0.3, -0.25) is 19.9 Å². The van der Waals surface area contributed by atoms with E-state index >= 15 is 8.78 Å². The van der Waals surface area contributed by atoms with Crippen molar-refractivity contribution in [3.8, 4) is 5.75 Å². The highest BCUT2D eigenvalue weighted by Gasteiger charge is 2.36. The first kappa shape index (κ1) is 49.5. The zero-order chi connectivity index (χ0) is 46.8. The Morgan fingerprint density at radius 2 is 1.58 bits per heavy atom. The van der Waals surface area contributed by atoms with Crippen molar-refractivity contribution in [3.63, 3.8) is 0 Å². The van der Waals surface area contributed by atoms with Gasteiger partial charge in [0.2, 0.25) is 11.8 Å². The molecule has 3 aromatic carbocycles. The van der Waals surface area contributed by atoms with Gasteiger partial charge in [-0.25, -0.2) is 23.6 Å². The molecule has 0 saturated carbocycles. The van der Waals surface area contributed by atoms with Crippen LogP contribution in [0.1, 0.15) is 36.2 Å². The van der Waals surface area contributed by atoms with Crippen molar-refractivity contribution in [1.82, 2.24) is 40.8 Å². The molecule has 0 bridgehead atoms. The largest absolute Gasteiger partial charge is 0.489 e. The molecule has 0 unspecified atom stereocenters. The molecule has 17 heteroatoms. The van der Waals surface area contributed by atoms with Crippen LogP contribution in [0.5, 0.6) is 5.75 Å². The maximum atomic E-state index is 16.0. The molecule has 4 amide bonds. The van der Waals surface area contributed by atoms with Crippen LogP contribution in [-0.4, -0.2) is 140 Å². The molecule has 1 atom stereocenters. The van der Waals surface area contributed by atoms with Crippen LogP contribution >= 0.6 is 0 Å². The van der Waals surface area contributed by atoms with Crippen molar-refractivity contribution in [3.05, 3.63) is 138 Å². The molecule has 6 rings (SSSR count). The number of urea groups is 1. The highest BCUT2D eigenvalue weighted by molar-refractivity contribution is 5.89. The molecule has 3 N–H and O–H groups in total. The van der Waals surface area contributed by atoms with Gasteiger partial charge in [-0.05, 0) is 55.8 Å². The molecule has 0 spiro atoms. The Hall–Kier alpha value is -5.98. The summed E-state index contributed by atoms with van der Waals surface area (Å²) in [4.78, 5) is 54.7. The van der Waals surface area contributed by atoms with E-state index in [0.717, 1.165) is 37.3 Å². The summed E-state index contributed by atoms with van der Waals surface area (Å²) in [6.45, 7) is 13.0. The topological polar surface area (TPSA) is 144 Å². The maximum Gasteiger partial charge on any atom is 0.329 e. The van der Waals surface area contributed by atoms with Gasteiger partial charge in [0.05, 0.1) is 25.3 Å². The number of halogens is 2. The molecule has 4 aromatic rings. The molecule has 66 heavy (non-hydrogen) atoms. The fourth-order valence-corrected chi connectivity index (χ4v) is 7.80. The smallest absolute Gasteiger partial charge is 0.329 e. The van der Waals surface area contributed by atoms with Crippen molar-refractivity contribution >= 4 is 23.7 Å². The first-order chi connectivity index (χ1) is 32.0. The summed E-state index contributed by atoms with van der Waals surface area (Å²) in [6.07, 6.45) is 0.402. The van der Waals surface area contributed by atoms with E-state index in [-0.39, 0.29) is 82.1 Å². The van der Waals surface area contributed by atoms with Crippen molar-refractivity contribution in [2.24, 2.45) is 0 Å². The number of hydrogen-bond acceptors (Lipinski definition) is 11. The Bertz CT molecular complexity index is 2170. The highest BCUT2D eigenvalue weighted by Crippen LogP contribution is 2.27. The fraction of sp³-hybridized carbons (Fsp3) is 0.429. The second-order valence-corrected chi connectivity index (χ2v) is 16.4. The minimum Gasteiger partial charge on any atom is -0.489 e. The number of aromatic nitrogens is 1. The Kier molecular flexibility index (Phi) is 18.8. The lowest BCUT2D eigenvalue weighted by Gasteiger charge is -2.48. The first-order valence-corrected chi connectivity index (χ1v) is 22.6. The van der Waals surface area contributed by atoms with E-state index in [1.807, 2.05) is 65.6 Å². The van der Waals surface area contributed by atoms with E-state index in [0.29, 0.717) is 18.8 Å². The number of ether oxygens (including phenoxy) is 3. The predicted octanol–water partition coefficient (Wildman–Crippen LogP) is 4.73. The Balaban J connectivity index is 1.23. The van der Waals surface area contributed by atoms with Crippen LogP contribution in [0, 0.1) is 11.6 Å². The number of hydrogen-bond donors (Lipinski definition) is 3. The summed E-state index contributed by atoms with van der Waals surface area (Å²) in [6, 6.07) is 24.5. The van der Waals surface area contributed by atoms with Crippen LogP contribution in [0.3, 0.4) is 0 Å². The molecule has 2 aliphatic rings. The number of pyridine rings is 1. The van der Waals surface area contributed by atoms with Crippen LogP contribution in [0.25, 0.3) is 0 Å². The van der Waals surface area contributed by atoms with Crippen LogP contribution in [-0.2, 0) is 45.2 Å². The van der Waals surface area contributed by atoms with Gasteiger partial charge in [-0.2, -0.15) is 0 Å². The average molecular weight is 912 g/mol. The lowest BCUT2D eigenvalue weighted by Crippen LogP contribution is -2.63. The summed E-state index contributed by atoms with van der Waals surface area (Å²) >= 11 is 0. The van der Waals surface area contributed by atoms with Gasteiger partial charge in [-0.15, -0.1) is 6.58 Å². The minimum atomic E-state index is -1.33. The molecule has 2 saturated heterocycles. The number of amides is 4. The standard InChI is InChI=1S/C49H63F2N9O6/c1-5-22-60(55-49(63)52-29-36-14-10-8-11-15-36)33-45(61)54-44(27-38-18-20-41(28-43(38)51)66-35-37-16-12-9-13-17-37)48(62)59(34-46(64-6-2)65-7-3)30-39-19-21-42(50)47(53-39)58-31-40(32-58)57-25-23-56(4)24-26-57/h5,8-21,28,40,44,46H,1,6-7,22-27,29-35H2,2-4H3,(H,54,61)(H2,52,55,63)/t44-/m0/s1. The molecule has 0 radical (unpaired) electrons. The van der Waals surface area contributed by atoms with Crippen molar-refractivity contribution in [2.45, 2.75) is 58.3 Å². The van der Waals surface area contributed by atoms with Crippen LogP contribution < -0.4 is 25.7 Å². The Morgan fingerprint density at radius 3 is 2.23 bits per heavy atom. The van der Waals surface area contributed by atoms with Gasteiger partial charge in [-0.1, -0.05) is 72.8 Å². The number of rotatable bonds is 24. The molecule has 2 aliphatic heterocycles. The van der Waals surface area contributed by atoms with E-state index in [9.17, 15) is 14.4 Å². The molecule has 15 nitrogen and oxygen atoms in total. The van der Waals surface area contributed by atoms with E-state index in [2.05, 4.69) is 39.5 Å². The summed E-state index contributed by atoms with van der Waals surface area (Å²) in [5.74, 6) is -1.86. The number of carbonyl (C=O) groups excluding carboxylic acids is 3. The van der Waals surface area contributed by atoms with Crippen molar-refractivity contribution in [1.29, 1.82) is 0 Å². The first-order valence-electron chi connectivity index (χ1n) is 22.6. The van der Waals surface area contributed by atoms with E-state index in [1.54, 1.807) is 19.9 Å². The number of hydrazine groups is 1. The second-order valence-electron chi connectivity index (χ2n) is 16.4. The van der Waals surface area contributed by atoms with E-state index < -0.39 is 41.8 Å². The van der Waals surface area contributed by atoms with Crippen LogP contribution in [0.4, 0.5) is 19.4 Å². The minimum absolute atomic E-state index is 0.0864. The summed E-state index contributed by atoms with van der Waals surface area (Å²) in [5, 5.41) is 6.93. The number of piperazine rings is 1. The maximum absolute atomic E-state index is 16.0. The van der Waals surface area contributed by atoms with E-state index in [1.165, 1.54) is 40.3 Å². The van der Waals surface area contributed by atoms with E-state index in [4.69, 9.17) is 19.2 Å². The van der Waals surface area contributed by atoms with Gasteiger partial charge in [0.25, 0.3) is 0 Å². The third-order valence-electron chi connectivity index (χ3n) is 11.4.